The van der Waals surface area contributed by atoms with Crippen LogP contribution in [0, 0.1) is 5.92 Å². The third-order valence-electron chi connectivity index (χ3n) is 4.18. The molecule has 6 nitrogen and oxygen atoms in total. The van der Waals surface area contributed by atoms with Crippen LogP contribution in [0.15, 0.2) is 84.5 Å². The lowest BCUT2D eigenvalue weighted by molar-refractivity contribution is 0.249. The van der Waals surface area contributed by atoms with Gasteiger partial charge in [-0.25, -0.2) is 9.59 Å². The molecule has 4 amide bonds. The van der Waals surface area contributed by atoms with E-state index in [1.165, 1.54) is 0 Å². The Bertz CT molecular complexity index is 832. The number of primary amides is 1. The average molecular weight is 393 g/mol. The number of amides is 4. The maximum Gasteiger partial charge on any atom is 0.319 e. The highest BCUT2D eigenvalue weighted by Crippen LogP contribution is 2.14. The van der Waals surface area contributed by atoms with Crippen LogP contribution >= 0.6 is 0 Å². The lowest BCUT2D eigenvalue weighted by atomic mass is 9.99. The SMILES string of the molecule is CC1C=CC(CNC(N)=O)=CC1.O=C(NCc1ccccc1)Nc1ccccc1. The lowest BCUT2D eigenvalue weighted by Crippen LogP contribution is -2.30. The van der Waals surface area contributed by atoms with Crippen LogP contribution in [0.5, 0.6) is 0 Å². The molecule has 1 aliphatic carbocycles. The van der Waals surface area contributed by atoms with E-state index in [0.717, 1.165) is 23.2 Å². The summed E-state index contributed by atoms with van der Waals surface area (Å²) in [5.74, 6) is 0.613. The molecule has 29 heavy (non-hydrogen) atoms. The Morgan fingerprint density at radius 2 is 1.62 bits per heavy atom. The molecule has 6 heteroatoms. The first-order valence-electron chi connectivity index (χ1n) is 9.57. The Hall–Kier alpha value is -3.54. The Morgan fingerprint density at radius 3 is 2.21 bits per heavy atom. The first-order chi connectivity index (χ1) is 14.0. The first-order valence-corrected chi connectivity index (χ1v) is 9.57. The number of anilines is 1. The van der Waals surface area contributed by atoms with Gasteiger partial charge < -0.3 is 21.7 Å². The van der Waals surface area contributed by atoms with Crippen molar-refractivity contribution in [1.29, 1.82) is 0 Å². The molecule has 0 saturated heterocycles. The van der Waals surface area contributed by atoms with Gasteiger partial charge in [-0.1, -0.05) is 73.7 Å². The van der Waals surface area contributed by atoms with E-state index >= 15 is 0 Å². The molecule has 0 spiro atoms. The number of allylic oxidation sites excluding steroid dienone is 2. The van der Waals surface area contributed by atoms with Crippen molar-refractivity contribution in [3.63, 3.8) is 0 Å². The summed E-state index contributed by atoms with van der Waals surface area (Å²) in [6.07, 6.45) is 7.34. The van der Waals surface area contributed by atoms with Crippen LogP contribution in [0.25, 0.3) is 0 Å². The van der Waals surface area contributed by atoms with Gasteiger partial charge in [-0.2, -0.15) is 0 Å². The van der Waals surface area contributed by atoms with Gasteiger partial charge in [-0.05, 0) is 35.6 Å². The van der Waals surface area contributed by atoms with E-state index < -0.39 is 6.03 Å². The van der Waals surface area contributed by atoms with Gasteiger partial charge in [0.15, 0.2) is 0 Å². The second kappa shape index (κ2) is 12.0. The molecule has 3 rings (SSSR count). The molecule has 0 aromatic heterocycles. The van der Waals surface area contributed by atoms with Gasteiger partial charge in [0.1, 0.15) is 0 Å². The predicted octanol–water partition coefficient (Wildman–Crippen LogP) is 4.19. The van der Waals surface area contributed by atoms with Crippen molar-refractivity contribution < 1.29 is 9.59 Å². The average Bonchev–Trinajstić information content (AvgIpc) is 2.74. The van der Waals surface area contributed by atoms with Crippen LogP contribution in [0.1, 0.15) is 18.9 Å². The summed E-state index contributed by atoms with van der Waals surface area (Å²) < 4.78 is 0. The molecule has 0 aliphatic heterocycles. The summed E-state index contributed by atoms with van der Waals surface area (Å²) in [6.45, 7) is 3.23. The van der Waals surface area contributed by atoms with Gasteiger partial charge in [0, 0.05) is 18.8 Å². The van der Waals surface area contributed by atoms with Crippen LogP contribution in [0.3, 0.4) is 0 Å². The minimum Gasteiger partial charge on any atom is -0.352 e. The van der Waals surface area contributed by atoms with Crippen molar-refractivity contribution >= 4 is 17.7 Å². The highest BCUT2D eigenvalue weighted by molar-refractivity contribution is 5.89. The third kappa shape index (κ3) is 9.28. The van der Waals surface area contributed by atoms with Crippen LogP contribution in [-0.2, 0) is 6.54 Å². The van der Waals surface area contributed by atoms with E-state index in [1.54, 1.807) is 0 Å². The number of carbonyl (C=O) groups is 2. The van der Waals surface area contributed by atoms with Crippen molar-refractivity contribution in [2.24, 2.45) is 11.7 Å². The van der Waals surface area contributed by atoms with Crippen LogP contribution in [0.2, 0.25) is 0 Å². The number of nitrogens with one attached hydrogen (secondary N) is 3. The molecular formula is C23H28N4O2. The fourth-order valence-corrected chi connectivity index (χ4v) is 2.57. The van der Waals surface area contributed by atoms with Gasteiger partial charge in [0.05, 0.1) is 0 Å². The lowest BCUT2D eigenvalue weighted by Gasteiger charge is -2.11. The van der Waals surface area contributed by atoms with E-state index in [9.17, 15) is 9.59 Å². The Labute approximate surface area is 171 Å². The topological polar surface area (TPSA) is 96.2 Å². The minimum atomic E-state index is -0.470. The number of hydrogen-bond donors (Lipinski definition) is 4. The number of benzene rings is 2. The van der Waals surface area contributed by atoms with Gasteiger partial charge >= 0.3 is 12.1 Å². The van der Waals surface area contributed by atoms with E-state index in [4.69, 9.17) is 5.73 Å². The molecule has 0 fully saturated rings. The number of carbonyl (C=O) groups excluding carboxylic acids is 2. The van der Waals surface area contributed by atoms with Crippen LogP contribution in [0.4, 0.5) is 15.3 Å². The highest BCUT2D eigenvalue weighted by atomic mass is 16.2. The van der Waals surface area contributed by atoms with Crippen molar-refractivity contribution in [2.45, 2.75) is 19.9 Å². The fraction of sp³-hybridized carbons (Fsp3) is 0.217. The molecule has 0 saturated carbocycles. The second-order valence-electron chi connectivity index (χ2n) is 6.73. The maximum absolute atomic E-state index is 11.6. The van der Waals surface area contributed by atoms with E-state index in [0.29, 0.717) is 19.0 Å². The minimum absolute atomic E-state index is 0.194. The smallest absolute Gasteiger partial charge is 0.319 e. The molecule has 0 heterocycles. The van der Waals surface area contributed by atoms with Gasteiger partial charge in [-0.3, -0.25) is 0 Å². The summed E-state index contributed by atoms with van der Waals surface area (Å²) >= 11 is 0. The number of urea groups is 2. The molecule has 0 bridgehead atoms. The molecule has 152 valence electrons. The van der Waals surface area contributed by atoms with Crippen molar-refractivity contribution in [2.75, 3.05) is 11.9 Å². The maximum atomic E-state index is 11.6. The number of para-hydroxylation sites is 1. The van der Waals surface area contributed by atoms with Crippen molar-refractivity contribution in [1.82, 2.24) is 10.6 Å². The quantitative estimate of drug-likeness (QED) is 0.614. The van der Waals surface area contributed by atoms with Gasteiger partial charge in [0.2, 0.25) is 0 Å². The normalized spacial score (nSPS) is 14.7. The number of rotatable bonds is 5. The van der Waals surface area contributed by atoms with E-state index in [2.05, 4.69) is 35.0 Å². The Morgan fingerprint density at radius 1 is 0.966 bits per heavy atom. The molecule has 2 aromatic rings. The van der Waals surface area contributed by atoms with Crippen LogP contribution < -0.4 is 21.7 Å². The predicted molar refractivity (Wildman–Crippen MR) is 117 cm³/mol. The van der Waals surface area contributed by atoms with Gasteiger partial charge in [0.25, 0.3) is 0 Å². The molecule has 1 unspecified atom stereocenters. The monoisotopic (exact) mass is 392 g/mol. The number of hydrogen-bond acceptors (Lipinski definition) is 2. The zero-order valence-electron chi connectivity index (χ0n) is 16.6. The van der Waals surface area contributed by atoms with Crippen LogP contribution in [-0.4, -0.2) is 18.6 Å². The van der Waals surface area contributed by atoms with Gasteiger partial charge in [-0.15, -0.1) is 0 Å². The summed E-state index contributed by atoms with van der Waals surface area (Å²) in [7, 11) is 0. The zero-order valence-corrected chi connectivity index (χ0v) is 16.6. The van der Waals surface area contributed by atoms with E-state index in [-0.39, 0.29) is 6.03 Å². The molecular weight excluding hydrogens is 364 g/mol. The third-order valence-corrected chi connectivity index (χ3v) is 4.18. The summed E-state index contributed by atoms with van der Waals surface area (Å²) in [6, 6.07) is 18.5. The van der Waals surface area contributed by atoms with Crippen molar-refractivity contribution in [3.8, 4) is 0 Å². The van der Waals surface area contributed by atoms with Crippen molar-refractivity contribution in [3.05, 3.63) is 90.0 Å². The fourth-order valence-electron chi connectivity index (χ4n) is 2.57. The zero-order chi connectivity index (χ0) is 20.9. The Kier molecular flexibility index (Phi) is 9.02. The second-order valence-corrected chi connectivity index (χ2v) is 6.73. The number of nitrogens with two attached hydrogens (primary N) is 1. The summed E-state index contributed by atoms with van der Waals surface area (Å²) in [5, 5.41) is 8.11. The molecule has 5 N–H and O–H groups in total. The molecule has 1 aliphatic rings. The summed E-state index contributed by atoms with van der Waals surface area (Å²) in [5.41, 5.74) is 7.94. The molecule has 2 aromatic carbocycles. The standard InChI is InChI=1S/C14H14N2O.C9H14N2O/c17-14(16-13-9-5-2-6-10-13)15-11-12-7-3-1-4-8-12;1-7-2-4-8(5-3-7)6-11-9(10)12/h1-10H,11H2,(H2,15,16,17);2,4-5,7H,3,6H2,1H3,(H3,10,11,12). The highest BCUT2D eigenvalue weighted by Gasteiger charge is 2.03. The summed E-state index contributed by atoms with van der Waals surface area (Å²) in [4.78, 5) is 21.9. The largest absolute Gasteiger partial charge is 0.352 e. The molecule has 0 radical (unpaired) electrons. The molecule has 1 atom stereocenters. The first kappa shape index (κ1) is 21.8. The Balaban J connectivity index is 0.000000221. The van der Waals surface area contributed by atoms with E-state index in [1.807, 2.05) is 66.7 Å².